The number of carbonyl (C=O) groups excluding carboxylic acids is 2. The molecule has 3 rings (SSSR count). The maximum Gasteiger partial charge on any atom is 0.361 e. The first-order chi connectivity index (χ1) is 13.5. The summed E-state index contributed by atoms with van der Waals surface area (Å²) in [6, 6.07) is 16.2. The topological polar surface area (TPSA) is 116 Å². The van der Waals surface area contributed by atoms with Gasteiger partial charge < -0.3 is 20.5 Å². The van der Waals surface area contributed by atoms with Gasteiger partial charge in [0.05, 0.1) is 0 Å². The van der Waals surface area contributed by atoms with E-state index < -0.39 is 18.0 Å². The van der Waals surface area contributed by atoms with Crippen molar-refractivity contribution in [1.82, 2.24) is 9.97 Å². The lowest BCUT2D eigenvalue weighted by Crippen LogP contribution is -2.30. The highest BCUT2D eigenvalue weighted by molar-refractivity contribution is 5.98. The van der Waals surface area contributed by atoms with Crippen molar-refractivity contribution >= 4 is 23.4 Å². The summed E-state index contributed by atoms with van der Waals surface area (Å²) in [5.41, 5.74) is 5.98. The van der Waals surface area contributed by atoms with Crippen LogP contribution < -0.4 is 15.8 Å². The molecule has 1 amide bonds. The second kappa shape index (κ2) is 8.63. The van der Waals surface area contributed by atoms with Crippen LogP contribution >= 0.6 is 0 Å². The van der Waals surface area contributed by atoms with E-state index in [9.17, 15) is 9.59 Å². The smallest absolute Gasteiger partial charge is 0.361 e. The number of amides is 1. The van der Waals surface area contributed by atoms with Gasteiger partial charge in [0.2, 0.25) is 0 Å². The summed E-state index contributed by atoms with van der Waals surface area (Å²) in [6.45, 7) is 1.45. The molecule has 0 aliphatic heterocycles. The van der Waals surface area contributed by atoms with Gasteiger partial charge in [0.15, 0.2) is 17.6 Å². The van der Waals surface area contributed by atoms with Crippen LogP contribution in [0.1, 0.15) is 17.4 Å². The van der Waals surface area contributed by atoms with E-state index in [0.29, 0.717) is 17.2 Å². The number of para-hydroxylation sites is 1. The van der Waals surface area contributed by atoms with Crippen molar-refractivity contribution < 1.29 is 19.1 Å². The number of rotatable bonds is 6. The first-order valence-corrected chi connectivity index (χ1v) is 8.44. The average Bonchev–Trinajstić information content (AvgIpc) is 2.70. The number of nitrogen functional groups attached to an aromatic ring is 1. The Morgan fingerprint density at radius 2 is 1.61 bits per heavy atom. The Bertz CT molecular complexity index is 961. The summed E-state index contributed by atoms with van der Waals surface area (Å²) in [4.78, 5) is 31.9. The van der Waals surface area contributed by atoms with Gasteiger partial charge in [0, 0.05) is 18.1 Å². The second-order valence-electron chi connectivity index (χ2n) is 5.77. The molecule has 0 aliphatic rings. The van der Waals surface area contributed by atoms with E-state index in [1.54, 1.807) is 24.3 Å². The van der Waals surface area contributed by atoms with Crippen LogP contribution in [0, 0.1) is 0 Å². The summed E-state index contributed by atoms with van der Waals surface area (Å²) < 4.78 is 10.8. The van der Waals surface area contributed by atoms with Crippen LogP contribution in [0.25, 0.3) is 0 Å². The average molecular weight is 378 g/mol. The normalized spacial score (nSPS) is 11.3. The Kier molecular flexibility index (Phi) is 5.81. The Morgan fingerprint density at radius 1 is 0.964 bits per heavy atom. The first-order valence-electron chi connectivity index (χ1n) is 8.44. The number of nitrogens with two attached hydrogens (primary N) is 1. The molecular weight excluding hydrogens is 360 g/mol. The van der Waals surface area contributed by atoms with Gasteiger partial charge in [0.25, 0.3) is 5.91 Å². The Labute approximate surface area is 161 Å². The van der Waals surface area contributed by atoms with E-state index in [2.05, 4.69) is 15.3 Å². The van der Waals surface area contributed by atoms with Crippen molar-refractivity contribution in [3.05, 3.63) is 72.7 Å². The molecular formula is C20H18N4O4. The molecule has 1 aromatic heterocycles. The third-order valence-corrected chi connectivity index (χ3v) is 3.67. The van der Waals surface area contributed by atoms with E-state index in [1.165, 1.54) is 19.3 Å². The third-order valence-electron chi connectivity index (χ3n) is 3.67. The number of hydrogen-bond acceptors (Lipinski definition) is 7. The van der Waals surface area contributed by atoms with Gasteiger partial charge in [-0.05, 0) is 43.3 Å². The number of benzene rings is 2. The van der Waals surface area contributed by atoms with Gasteiger partial charge in [-0.3, -0.25) is 4.79 Å². The predicted octanol–water partition coefficient (Wildman–Crippen LogP) is 3.04. The van der Waals surface area contributed by atoms with Crippen molar-refractivity contribution in [2.75, 3.05) is 11.1 Å². The van der Waals surface area contributed by atoms with E-state index in [0.717, 1.165) is 0 Å². The van der Waals surface area contributed by atoms with Crippen molar-refractivity contribution in [2.24, 2.45) is 0 Å². The molecule has 3 N–H and O–H groups in total. The quantitative estimate of drug-likeness (QED) is 0.633. The third kappa shape index (κ3) is 4.82. The molecule has 8 nitrogen and oxygen atoms in total. The van der Waals surface area contributed by atoms with E-state index in [-0.39, 0.29) is 11.5 Å². The lowest BCUT2D eigenvalue weighted by atomic mass is 10.2. The second-order valence-corrected chi connectivity index (χ2v) is 5.77. The van der Waals surface area contributed by atoms with Crippen molar-refractivity contribution in [2.45, 2.75) is 13.0 Å². The van der Waals surface area contributed by atoms with Gasteiger partial charge >= 0.3 is 5.97 Å². The fourth-order valence-electron chi connectivity index (χ4n) is 2.25. The zero-order chi connectivity index (χ0) is 19.9. The van der Waals surface area contributed by atoms with Gasteiger partial charge in [-0.15, -0.1) is 0 Å². The zero-order valence-electron chi connectivity index (χ0n) is 15.0. The number of anilines is 2. The molecule has 2 aromatic carbocycles. The molecule has 0 saturated carbocycles. The number of nitrogens with one attached hydrogen (secondary N) is 1. The van der Waals surface area contributed by atoms with Crippen LogP contribution in [0.15, 0.2) is 67.0 Å². The minimum absolute atomic E-state index is 0.0610. The fraction of sp³-hybridized carbons (Fsp3) is 0.100. The minimum Gasteiger partial charge on any atom is -0.457 e. The van der Waals surface area contributed by atoms with Crippen molar-refractivity contribution in [3.63, 3.8) is 0 Å². The SMILES string of the molecule is CC(OC(=O)c1nccnc1N)C(=O)Nc1ccc(Oc2ccccc2)cc1. The van der Waals surface area contributed by atoms with Crippen LogP contribution in [0.3, 0.4) is 0 Å². The number of esters is 1. The molecule has 0 radical (unpaired) electrons. The maximum absolute atomic E-state index is 12.3. The molecule has 0 fully saturated rings. The maximum atomic E-state index is 12.3. The highest BCUT2D eigenvalue weighted by Gasteiger charge is 2.21. The summed E-state index contributed by atoms with van der Waals surface area (Å²) in [5.74, 6) is -0.0357. The number of hydrogen-bond donors (Lipinski definition) is 2. The van der Waals surface area contributed by atoms with Crippen LogP contribution in [0.4, 0.5) is 11.5 Å². The van der Waals surface area contributed by atoms with Gasteiger partial charge in [-0.25, -0.2) is 14.8 Å². The van der Waals surface area contributed by atoms with Crippen LogP contribution in [0.2, 0.25) is 0 Å². The number of ether oxygens (including phenoxy) is 2. The van der Waals surface area contributed by atoms with Crippen LogP contribution in [0.5, 0.6) is 11.5 Å². The number of aromatic nitrogens is 2. The van der Waals surface area contributed by atoms with Crippen molar-refractivity contribution in [1.29, 1.82) is 0 Å². The Morgan fingerprint density at radius 3 is 2.29 bits per heavy atom. The molecule has 1 unspecified atom stereocenters. The highest BCUT2D eigenvalue weighted by atomic mass is 16.5. The Hall–Kier alpha value is -3.94. The summed E-state index contributed by atoms with van der Waals surface area (Å²) in [6.07, 6.45) is 1.62. The summed E-state index contributed by atoms with van der Waals surface area (Å²) in [7, 11) is 0. The predicted molar refractivity (Wildman–Crippen MR) is 103 cm³/mol. The first kappa shape index (κ1) is 18.8. The van der Waals surface area contributed by atoms with Crippen molar-refractivity contribution in [3.8, 4) is 11.5 Å². The van der Waals surface area contributed by atoms with Crippen LogP contribution in [-0.2, 0) is 9.53 Å². The molecule has 1 atom stereocenters. The highest BCUT2D eigenvalue weighted by Crippen LogP contribution is 2.22. The zero-order valence-corrected chi connectivity index (χ0v) is 15.0. The standard InChI is InChI=1S/C20H18N4O4/c1-13(27-20(26)17-18(21)23-12-11-22-17)19(25)24-14-7-9-16(10-8-14)28-15-5-3-2-4-6-15/h2-13H,1H3,(H2,21,23)(H,24,25). The molecule has 0 aliphatic carbocycles. The van der Waals surface area contributed by atoms with E-state index in [1.807, 2.05) is 30.3 Å². The number of nitrogens with zero attached hydrogens (tertiary/aromatic N) is 2. The Balaban J connectivity index is 1.56. The molecule has 1 heterocycles. The molecule has 28 heavy (non-hydrogen) atoms. The molecule has 0 bridgehead atoms. The lowest BCUT2D eigenvalue weighted by molar-refractivity contribution is -0.123. The molecule has 8 heteroatoms. The molecule has 3 aromatic rings. The molecule has 0 spiro atoms. The lowest BCUT2D eigenvalue weighted by Gasteiger charge is -2.14. The van der Waals surface area contributed by atoms with Gasteiger partial charge in [-0.2, -0.15) is 0 Å². The van der Waals surface area contributed by atoms with E-state index in [4.69, 9.17) is 15.2 Å². The molecule has 0 saturated heterocycles. The molecule has 142 valence electrons. The number of carbonyl (C=O) groups is 2. The van der Waals surface area contributed by atoms with Crippen LogP contribution in [-0.4, -0.2) is 27.9 Å². The van der Waals surface area contributed by atoms with E-state index >= 15 is 0 Å². The van der Waals surface area contributed by atoms with Gasteiger partial charge in [0.1, 0.15) is 11.5 Å². The summed E-state index contributed by atoms with van der Waals surface area (Å²) in [5, 5.41) is 2.67. The summed E-state index contributed by atoms with van der Waals surface area (Å²) >= 11 is 0. The fourth-order valence-corrected chi connectivity index (χ4v) is 2.25. The minimum atomic E-state index is -1.05. The van der Waals surface area contributed by atoms with Gasteiger partial charge in [-0.1, -0.05) is 18.2 Å². The monoisotopic (exact) mass is 378 g/mol. The largest absolute Gasteiger partial charge is 0.457 e.